The van der Waals surface area contributed by atoms with Crippen molar-refractivity contribution >= 4 is 11.8 Å². The summed E-state index contributed by atoms with van der Waals surface area (Å²) in [5.74, 6) is -0.977. The Morgan fingerprint density at radius 3 is 2.57 bits per heavy atom. The van der Waals surface area contributed by atoms with Crippen molar-refractivity contribution in [3.63, 3.8) is 0 Å². The highest BCUT2D eigenvalue weighted by atomic mass is 16.2. The second-order valence-electron chi connectivity index (χ2n) is 5.65. The first-order valence-electron chi connectivity index (χ1n) is 8.24. The molecule has 1 saturated heterocycles. The highest BCUT2D eigenvalue weighted by Gasteiger charge is 2.20. The number of rotatable bonds is 6. The summed E-state index contributed by atoms with van der Waals surface area (Å²) < 4.78 is 0. The molecule has 0 unspecified atom stereocenters. The van der Waals surface area contributed by atoms with Crippen LogP contribution < -0.4 is 10.6 Å². The fraction of sp³-hybridized carbons (Fsp3) is 0.529. The Kier molecular flexibility index (Phi) is 7.03. The van der Waals surface area contributed by atoms with Crippen molar-refractivity contribution in [1.82, 2.24) is 20.4 Å². The molecule has 1 fully saturated rings. The van der Waals surface area contributed by atoms with Gasteiger partial charge in [0.25, 0.3) is 0 Å². The van der Waals surface area contributed by atoms with E-state index in [2.05, 4.69) is 15.5 Å². The smallest absolute Gasteiger partial charge is 0.312 e. The summed E-state index contributed by atoms with van der Waals surface area (Å²) in [7, 11) is 0. The Balaban J connectivity index is 1.76. The molecule has 126 valence electrons. The number of amides is 2. The normalized spacial score (nSPS) is 15.2. The van der Waals surface area contributed by atoms with Crippen molar-refractivity contribution in [2.24, 2.45) is 0 Å². The van der Waals surface area contributed by atoms with Crippen LogP contribution >= 0.6 is 0 Å². The number of nitrogens with zero attached hydrogens (tertiary/aromatic N) is 2. The first-order valence-corrected chi connectivity index (χ1v) is 8.24. The minimum Gasteiger partial charge on any atom is -0.347 e. The third-order valence-electron chi connectivity index (χ3n) is 4.00. The standard InChI is InChI=1S/C17H26N4O2/c1-2-21(14-15-6-4-3-5-7-15)17(23)16(22)19-10-13-20-11-8-18-9-12-20/h3-7,18H,2,8-14H2,1H3,(H,19,22). The summed E-state index contributed by atoms with van der Waals surface area (Å²) in [6, 6.07) is 9.71. The van der Waals surface area contributed by atoms with E-state index in [1.54, 1.807) is 4.90 Å². The maximum Gasteiger partial charge on any atom is 0.312 e. The number of nitrogens with one attached hydrogen (secondary N) is 2. The van der Waals surface area contributed by atoms with Gasteiger partial charge < -0.3 is 15.5 Å². The van der Waals surface area contributed by atoms with E-state index in [1.807, 2.05) is 37.3 Å². The Hall–Kier alpha value is -1.92. The summed E-state index contributed by atoms with van der Waals surface area (Å²) in [6.45, 7) is 8.08. The first kappa shape index (κ1) is 17.4. The van der Waals surface area contributed by atoms with Crippen molar-refractivity contribution in [2.45, 2.75) is 13.5 Å². The zero-order chi connectivity index (χ0) is 16.5. The van der Waals surface area contributed by atoms with E-state index >= 15 is 0 Å². The van der Waals surface area contributed by atoms with Gasteiger partial charge >= 0.3 is 11.8 Å². The van der Waals surface area contributed by atoms with E-state index in [1.165, 1.54) is 0 Å². The van der Waals surface area contributed by atoms with E-state index < -0.39 is 11.8 Å². The van der Waals surface area contributed by atoms with E-state index in [4.69, 9.17) is 0 Å². The molecule has 0 aliphatic carbocycles. The number of hydrogen-bond acceptors (Lipinski definition) is 4. The monoisotopic (exact) mass is 318 g/mol. The van der Waals surface area contributed by atoms with Crippen molar-refractivity contribution in [1.29, 1.82) is 0 Å². The second-order valence-corrected chi connectivity index (χ2v) is 5.65. The van der Waals surface area contributed by atoms with Gasteiger partial charge in [-0.1, -0.05) is 30.3 Å². The molecule has 1 aromatic carbocycles. The Bertz CT molecular complexity index is 501. The van der Waals surface area contributed by atoms with Crippen LogP contribution in [0.3, 0.4) is 0 Å². The number of likely N-dealkylation sites (N-methyl/N-ethyl adjacent to an activating group) is 1. The fourth-order valence-corrected chi connectivity index (χ4v) is 2.61. The molecular weight excluding hydrogens is 292 g/mol. The van der Waals surface area contributed by atoms with Crippen molar-refractivity contribution in [3.8, 4) is 0 Å². The van der Waals surface area contributed by atoms with Crippen LogP contribution in [0.15, 0.2) is 30.3 Å². The predicted octanol–water partition coefficient (Wildman–Crippen LogP) is 0.0565. The Morgan fingerprint density at radius 2 is 1.91 bits per heavy atom. The van der Waals surface area contributed by atoms with Gasteiger partial charge in [-0.3, -0.25) is 14.5 Å². The second kappa shape index (κ2) is 9.27. The molecule has 2 N–H and O–H groups in total. The lowest BCUT2D eigenvalue weighted by molar-refractivity contribution is -0.146. The molecule has 0 atom stereocenters. The van der Waals surface area contributed by atoms with Crippen LogP contribution in [-0.4, -0.2) is 67.4 Å². The Labute approximate surface area is 137 Å². The van der Waals surface area contributed by atoms with Gasteiger partial charge in [0, 0.05) is 52.4 Å². The van der Waals surface area contributed by atoms with Gasteiger partial charge in [-0.25, -0.2) is 0 Å². The molecule has 23 heavy (non-hydrogen) atoms. The van der Waals surface area contributed by atoms with Crippen molar-refractivity contribution < 1.29 is 9.59 Å². The maximum absolute atomic E-state index is 12.3. The molecule has 0 spiro atoms. The van der Waals surface area contributed by atoms with E-state index in [0.29, 0.717) is 19.6 Å². The number of benzene rings is 1. The molecular formula is C17H26N4O2. The van der Waals surface area contributed by atoms with Gasteiger partial charge in [-0.15, -0.1) is 0 Å². The summed E-state index contributed by atoms with van der Waals surface area (Å²) in [6.07, 6.45) is 0. The first-order chi connectivity index (χ1) is 11.2. The molecule has 0 aromatic heterocycles. The van der Waals surface area contributed by atoms with Gasteiger partial charge in [-0.2, -0.15) is 0 Å². The highest BCUT2D eigenvalue weighted by Crippen LogP contribution is 2.04. The number of carbonyl (C=O) groups is 2. The lowest BCUT2D eigenvalue weighted by atomic mass is 10.2. The molecule has 1 heterocycles. The molecule has 6 heteroatoms. The zero-order valence-electron chi connectivity index (χ0n) is 13.8. The fourth-order valence-electron chi connectivity index (χ4n) is 2.61. The zero-order valence-corrected chi connectivity index (χ0v) is 13.8. The Morgan fingerprint density at radius 1 is 1.22 bits per heavy atom. The van der Waals surface area contributed by atoms with Gasteiger partial charge in [-0.05, 0) is 12.5 Å². The molecule has 0 saturated carbocycles. The summed E-state index contributed by atoms with van der Waals surface area (Å²) in [5, 5.41) is 6.03. The van der Waals surface area contributed by atoms with Crippen LogP contribution in [0.25, 0.3) is 0 Å². The summed E-state index contributed by atoms with van der Waals surface area (Å²) >= 11 is 0. The SMILES string of the molecule is CCN(Cc1ccccc1)C(=O)C(=O)NCCN1CCNCC1. The van der Waals surface area contributed by atoms with Crippen LogP contribution in [0.5, 0.6) is 0 Å². The average Bonchev–Trinajstić information content (AvgIpc) is 2.60. The maximum atomic E-state index is 12.3. The summed E-state index contributed by atoms with van der Waals surface area (Å²) in [5.41, 5.74) is 1.02. The quantitative estimate of drug-likeness (QED) is 0.728. The highest BCUT2D eigenvalue weighted by molar-refractivity contribution is 6.34. The molecule has 2 amide bonds. The third kappa shape index (κ3) is 5.65. The third-order valence-corrected chi connectivity index (χ3v) is 4.00. The topological polar surface area (TPSA) is 64.7 Å². The van der Waals surface area contributed by atoms with E-state index in [0.717, 1.165) is 38.3 Å². The average molecular weight is 318 g/mol. The van der Waals surface area contributed by atoms with E-state index in [-0.39, 0.29) is 0 Å². The lowest BCUT2D eigenvalue weighted by Gasteiger charge is -2.27. The lowest BCUT2D eigenvalue weighted by Crippen LogP contribution is -2.48. The van der Waals surface area contributed by atoms with Crippen LogP contribution in [0.4, 0.5) is 0 Å². The molecule has 1 aromatic rings. The molecule has 6 nitrogen and oxygen atoms in total. The minimum atomic E-state index is -0.516. The minimum absolute atomic E-state index is 0.460. The van der Waals surface area contributed by atoms with Crippen LogP contribution in [-0.2, 0) is 16.1 Å². The molecule has 2 rings (SSSR count). The van der Waals surface area contributed by atoms with Crippen LogP contribution in [0.2, 0.25) is 0 Å². The van der Waals surface area contributed by atoms with Gasteiger partial charge in [0.05, 0.1) is 0 Å². The summed E-state index contributed by atoms with van der Waals surface area (Å²) in [4.78, 5) is 28.1. The van der Waals surface area contributed by atoms with Crippen LogP contribution in [0.1, 0.15) is 12.5 Å². The van der Waals surface area contributed by atoms with Crippen molar-refractivity contribution in [3.05, 3.63) is 35.9 Å². The van der Waals surface area contributed by atoms with Gasteiger partial charge in [0.15, 0.2) is 0 Å². The molecule has 0 bridgehead atoms. The molecule has 1 aliphatic heterocycles. The largest absolute Gasteiger partial charge is 0.347 e. The van der Waals surface area contributed by atoms with Gasteiger partial charge in [0.1, 0.15) is 0 Å². The number of carbonyl (C=O) groups excluding carboxylic acids is 2. The number of hydrogen-bond donors (Lipinski definition) is 2. The number of piperazine rings is 1. The molecule has 0 radical (unpaired) electrons. The van der Waals surface area contributed by atoms with Gasteiger partial charge in [0.2, 0.25) is 0 Å². The van der Waals surface area contributed by atoms with E-state index in [9.17, 15) is 9.59 Å². The van der Waals surface area contributed by atoms with Crippen LogP contribution in [0, 0.1) is 0 Å². The predicted molar refractivity (Wildman–Crippen MR) is 89.9 cm³/mol. The molecule has 1 aliphatic rings. The van der Waals surface area contributed by atoms with Crippen molar-refractivity contribution in [2.75, 3.05) is 45.8 Å².